The van der Waals surface area contributed by atoms with Gasteiger partial charge in [-0.3, -0.25) is 0 Å². The van der Waals surface area contributed by atoms with Crippen LogP contribution in [0.15, 0.2) is 48.5 Å². The standard InChI is InChI=1S/C21H20O/c1-13-5-8-16-15(11-13)7-10-18-17-9-6-14(2)12-19(17)21(3,4)22-20(16)18/h5-12H,1-4H3. The Labute approximate surface area is 131 Å². The van der Waals surface area contributed by atoms with Gasteiger partial charge in [-0.05, 0) is 44.7 Å². The van der Waals surface area contributed by atoms with Crippen molar-refractivity contribution in [3.05, 3.63) is 65.2 Å². The van der Waals surface area contributed by atoms with Gasteiger partial charge in [0, 0.05) is 16.5 Å². The first kappa shape index (κ1) is 13.4. The molecule has 0 unspecified atom stereocenters. The zero-order chi connectivity index (χ0) is 15.5. The highest BCUT2D eigenvalue weighted by Crippen LogP contribution is 2.48. The van der Waals surface area contributed by atoms with E-state index in [0.717, 1.165) is 5.75 Å². The molecule has 0 aromatic heterocycles. The Bertz CT molecular complexity index is 903. The summed E-state index contributed by atoms with van der Waals surface area (Å²) >= 11 is 0. The molecule has 0 radical (unpaired) electrons. The third kappa shape index (κ3) is 1.85. The van der Waals surface area contributed by atoms with E-state index in [9.17, 15) is 0 Å². The van der Waals surface area contributed by atoms with E-state index < -0.39 is 0 Å². The molecular formula is C21H20O. The van der Waals surface area contributed by atoms with Gasteiger partial charge in [0.05, 0.1) is 0 Å². The van der Waals surface area contributed by atoms with Crippen molar-refractivity contribution in [2.75, 3.05) is 0 Å². The maximum absolute atomic E-state index is 6.45. The monoisotopic (exact) mass is 288 g/mol. The van der Waals surface area contributed by atoms with Crippen LogP contribution in [0.1, 0.15) is 30.5 Å². The molecule has 0 bridgehead atoms. The summed E-state index contributed by atoms with van der Waals surface area (Å²) in [5, 5.41) is 2.44. The lowest BCUT2D eigenvalue weighted by atomic mass is 9.84. The minimum atomic E-state index is -0.312. The average Bonchev–Trinajstić information content (AvgIpc) is 2.46. The van der Waals surface area contributed by atoms with Crippen molar-refractivity contribution in [2.24, 2.45) is 0 Å². The summed E-state index contributed by atoms with van der Waals surface area (Å²) in [7, 11) is 0. The average molecular weight is 288 g/mol. The number of hydrogen-bond acceptors (Lipinski definition) is 1. The van der Waals surface area contributed by atoms with Crippen LogP contribution in [0.25, 0.3) is 21.9 Å². The van der Waals surface area contributed by atoms with E-state index in [0.29, 0.717) is 0 Å². The normalized spacial score (nSPS) is 15.1. The van der Waals surface area contributed by atoms with E-state index in [-0.39, 0.29) is 5.60 Å². The molecule has 110 valence electrons. The van der Waals surface area contributed by atoms with Crippen LogP contribution in [0, 0.1) is 13.8 Å². The molecule has 0 amide bonds. The van der Waals surface area contributed by atoms with E-state index in [1.165, 1.54) is 38.6 Å². The summed E-state index contributed by atoms with van der Waals surface area (Å²) in [5.74, 6) is 1.01. The van der Waals surface area contributed by atoms with Crippen LogP contribution in [0.2, 0.25) is 0 Å². The predicted octanol–water partition coefficient (Wildman–Crippen LogP) is 5.75. The zero-order valence-corrected chi connectivity index (χ0v) is 13.5. The lowest BCUT2D eigenvalue weighted by Crippen LogP contribution is -2.29. The van der Waals surface area contributed by atoms with Gasteiger partial charge >= 0.3 is 0 Å². The van der Waals surface area contributed by atoms with Crippen molar-refractivity contribution in [1.29, 1.82) is 0 Å². The van der Waals surface area contributed by atoms with Crippen LogP contribution in [-0.4, -0.2) is 0 Å². The molecular weight excluding hydrogens is 268 g/mol. The Morgan fingerprint density at radius 2 is 1.45 bits per heavy atom. The highest BCUT2D eigenvalue weighted by Gasteiger charge is 2.33. The summed E-state index contributed by atoms with van der Waals surface area (Å²) < 4.78 is 6.45. The Morgan fingerprint density at radius 3 is 2.27 bits per heavy atom. The molecule has 0 saturated carbocycles. The second kappa shape index (κ2) is 4.36. The zero-order valence-electron chi connectivity index (χ0n) is 13.5. The molecule has 0 N–H and O–H groups in total. The molecule has 1 nitrogen and oxygen atoms in total. The van der Waals surface area contributed by atoms with Gasteiger partial charge in [0.2, 0.25) is 0 Å². The molecule has 1 aliphatic heterocycles. The number of benzene rings is 3. The quantitative estimate of drug-likeness (QED) is 0.511. The van der Waals surface area contributed by atoms with Crippen LogP contribution < -0.4 is 4.74 Å². The van der Waals surface area contributed by atoms with Crippen LogP contribution in [0.5, 0.6) is 5.75 Å². The third-order valence-electron chi connectivity index (χ3n) is 4.60. The van der Waals surface area contributed by atoms with Gasteiger partial charge in [-0.2, -0.15) is 0 Å². The van der Waals surface area contributed by atoms with Crippen LogP contribution in [-0.2, 0) is 5.60 Å². The van der Waals surface area contributed by atoms with Crippen molar-refractivity contribution in [3.63, 3.8) is 0 Å². The van der Waals surface area contributed by atoms with E-state index in [1.54, 1.807) is 0 Å². The molecule has 0 atom stereocenters. The van der Waals surface area contributed by atoms with Crippen molar-refractivity contribution < 1.29 is 4.74 Å². The minimum absolute atomic E-state index is 0.312. The lowest BCUT2D eigenvalue weighted by molar-refractivity contribution is 0.108. The van der Waals surface area contributed by atoms with Crippen LogP contribution >= 0.6 is 0 Å². The fourth-order valence-electron chi connectivity index (χ4n) is 3.44. The van der Waals surface area contributed by atoms with Gasteiger partial charge in [-0.25, -0.2) is 0 Å². The topological polar surface area (TPSA) is 9.23 Å². The third-order valence-corrected chi connectivity index (χ3v) is 4.60. The first-order chi connectivity index (χ1) is 10.5. The van der Waals surface area contributed by atoms with E-state index >= 15 is 0 Å². The molecule has 1 heterocycles. The van der Waals surface area contributed by atoms with Crippen LogP contribution in [0.3, 0.4) is 0 Å². The number of rotatable bonds is 0. The molecule has 22 heavy (non-hydrogen) atoms. The smallest absolute Gasteiger partial charge is 0.136 e. The maximum atomic E-state index is 6.45. The SMILES string of the molecule is Cc1ccc2c(c1)C(C)(C)Oc1c-2ccc2cc(C)ccc12. The number of hydrogen-bond donors (Lipinski definition) is 0. The minimum Gasteiger partial charge on any atom is -0.482 e. The molecule has 4 rings (SSSR count). The van der Waals surface area contributed by atoms with Gasteiger partial charge < -0.3 is 4.74 Å². The molecule has 0 fully saturated rings. The summed E-state index contributed by atoms with van der Waals surface area (Å²) in [6.07, 6.45) is 0. The molecule has 3 aromatic rings. The number of fused-ring (bicyclic) bond motifs is 5. The first-order valence-electron chi connectivity index (χ1n) is 7.79. The molecule has 3 aromatic carbocycles. The van der Waals surface area contributed by atoms with Crippen LogP contribution in [0.4, 0.5) is 0 Å². The van der Waals surface area contributed by atoms with Gasteiger partial charge in [0.1, 0.15) is 11.4 Å². The van der Waals surface area contributed by atoms with Crippen molar-refractivity contribution >= 4 is 10.8 Å². The number of aryl methyl sites for hydroxylation is 2. The van der Waals surface area contributed by atoms with Crippen molar-refractivity contribution in [3.8, 4) is 16.9 Å². The van der Waals surface area contributed by atoms with Gasteiger partial charge in [-0.15, -0.1) is 0 Å². The Balaban J connectivity index is 2.08. The maximum Gasteiger partial charge on any atom is 0.136 e. The summed E-state index contributed by atoms with van der Waals surface area (Å²) in [4.78, 5) is 0. The fraction of sp³-hybridized carbons (Fsp3) is 0.238. The van der Waals surface area contributed by atoms with E-state index in [4.69, 9.17) is 4.74 Å². The lowest BCUT2D eigenvalue weighted by Gasteiger charge is -2.36. The predicted molar refractivity (Wildman–Crippen MR) is 92.5 cm³/mol. The highest BCUT2D eigenvalue weighted by molar-refractivity contribution is 5.97. The Kier molecular flexibility index (Phi) is 2.65. The van der Waals surface area contributed by atoms with Gasteiger partial charge in [-0.1, -0.05) is 53.6 Å². The second-order valence-electron chi connectivity index (χ2n) is 6.83. The van der Waals surface area contributed by atoms with E-state index in [2.05, 4.69) is 76.2 Å². The van der Waals surface area contributed by atoms with Gasteiger partial charge in [0.15, 0.2) is 0 Å². The first-order valence-corrected chi connectivity index (χ1v) is 7.79. The highest BCUT2D eigenvalue weighted by atomic mass is 16.5. The van der Waals surface area contributed by atoms with Gasteiger partial charge in [0.25, 0.3) is 0 Å². The largest absolute Gasteiger partial charge is 0.482 e. The van der Waals surface area contributed by atoms with E-state index in [1.807, 2.05) is 0 Å². The van der Waals surface area contributed by atoms with Crippen molar-refractivity contribution in [1.82, 2.24) is 0 Å². The summed E-state index contributed by atoms with van der Waals surface area (Å²) in [6.45, 7) is 8.57. The molecule has 0 saturated heterocycles. The summed E-state index contributed by atoms with van der Waals surface area (Å²) in [6, 6.07) is 17.6. The molecule has 0 aliphatic carbocycles. The molecule has 1 aliphatic rings. The Hall–Kier alpha value is -2.28. The summed E-state index contributed by atoms with van der Waals surface area (Å²) in [5.41, 5.74) is 6.00. The van der Waals surface area contributed by atoms with Crippen molar-refractivity contribution in [2.45, 2.75) is 33.3 Å². The Morgan fingerprint density at radius 1 is 0.773 bits per heavy atom. The second-order valence-corrected chi connectivity index (χ2v) is 6.83. The fourth-order valence-corrected chi connectivity index (χ4v) is 3.44. The number of ether oxygens (including phenoxy) is 1. The molecule has 1 heteroatoms. The molecule has 0 spiro atoms.